The average molecular weight is 515 g/mol. The van der Waals surface area contributed by atoms with E-state index in [0.717, 1.165) is 11.1 Å². The highest BCUT2D eigenvalue weighted by atomic mass is 16.5. The van der Waals surface area contributed by atoms with Gasteiger partial charge >= 0.3 is 11.9 Å². The first-order valence-corrected chi connectivity index (χ1v) is 12.4. The fourth-order valence-electron chi connectivity index (χ4n) is 4.95. The van der Waals surface area contributed by atoms with Gasteiger partial charge in [0, 0.05) is 23.8 Å². The summed E-state index contributed by atoms with van der Waals surface area (Å²) in [6.07, 6.45) is 0.513. The Bertz CT molecular complexity index is 1560. The molecule has 0 bridgehead atoms. The van der Waals surface area contributed by atoms with Gasteiger partial charge in [-0.05, 0) is 42.7 Å². The second-order valence-corrected chi connectivity index (χ2v) is 9.04. The highest BCUT2D eigenvalue weighted by molar-refractivity contribution is 5.80. The van der Waals surface area contributed by atoms with Gasteiger partial charge in [-0.1, -0.05) is 60.7 Å². The van der Waals surface area contributed by atoms with E-state index in [1.807, 2.05) is 48.5 Å². The van der Waals surface area contributed by atoms with Gasteiger partial charge in [-0.3, -0.25) is 9.59 Å². The molecule has 0 radical (unpaired) electrons. The molecule has 4 aromatic rings. The summed E-state index contributed by atoms with van der Waals surface area (Å²) in [4.78, 5) is 34.9. The summed E-state index contributed by atoms with van der Waals surface area (Å²) in [7, 11) is 0. The molecule has 190 valence electrons. The van der Waals surface area contributed by atoms with Crippen LogP contribution in [0.4, 0.5) is 0 Å². The Labute approximate surface area is 225 Å². The van der Waals surface area contributed by atoms with Gasteiger partial charge in [0.15, 0.2) is 11.4 Å². The lowest BCUT2D eigenvalue weighted by molar-refractivity contribution is -0.134. The molecule has 3 aromatic carbocycles. The minimum absolute atomic E-state index is 0.0139. The third-order valence-corrected chi connectivity index (χ3v) is 6.72. The molecule has 0 atom stereocenters. The number of fused-ring (bicyclic) bond motifs is 3. The summed E-state index contributed by atoms with van der Waals surface area (Å²) in [5.74, 6) is -0.0261. The number of aromatic nitrogens is 2. The predicted molar refractivity (Wildman–Crippen MR) is 140 cm³/mol. The van der Waals surface area contributed by atoms with Crippen LogP contribution < -0.4 is 9.47 Å². The van der Waals surface area contributed by atoms with Gasteiger partial charge in [0.05, 0.1) is 11.4 Å². The van der Waals surface area contributed by atoms with Crippen molar-refractivity contribution in [3.63, 3.8) is 0 Å². The van der Waals surface area contributed by atoms with Crippen LogP contribution in [0.2, 0.25) is 0 Å². The van der Waals surface area contributed by atoms with Crippen LogP contribution in [0.25, 0.3) is 11.3 Å². The Morgan fingerprint density at radius 2 is 1.18 bits per heavy atom. The fraction of sp³-hybridized carbons (Fsp3) is 0.161. The molecule has 0 saturated carbocycles. The Hall–Kier alpha value is -5.34. The van der Waals surface area contributed by atoms with Gasteiger partial charge < -0.3 is 9.47 Å². The summed E-state index contributed by atoms with van der Waals surface area (Å²) in [6, 6.07) is 28.9. The summed E-state index contributed by atoms with van der Waals surface area (Å²) < 4.78 is 11.0. The molecule has 0 amide bonds. The first-order chi connectivity index (χ1) is 19.0. The fourth-order valence-corrected chi connectivity index (χ4v) is 4.95. The van der Waals surface area contributed by atoms with Crippen molar-refractivity contribution in [1.29, 1.82) is 10.5 Å². The highest BCUT2D eigenvalue weighted by Crippen LogP contribution is 2.52. The van der Waals surface area contributed by atoms with Crippen molar-refractivity contribution in [2.24, 2.45) is 0 Å². The predicted octanol–water partition coefficient (Wildman–Crippen LogP) is 5.26. The number of nitrogens with zero attached hydrogens (tertiary/aromatic N) is 4. The van der Waals surface area contributed by atoms with Gasteiger partial charge in [0.25, 0.3) is 0 Å². The molecule has 0 saturated heterocycles. The average Bonchev–Trinajstić information content (AvgIpc) is 3.24. The monoisotopic (exact) mass is 514 g/mol. The normalized spacial score (nSPS) is 12.4. The second-order valence-electron chi connectivity index (χ2n) is 9.04. The van der Waals surface area contributed by atoms with Crippen molar-refractivity contribution < 1.29 is 19.1 Å². The molecule has 0 aliphatic heterocycles. The number of nitriles is 2. The van der Waals surface area contributed by atoms with Crippen LogP contribution in [0.3, 0.4) is 0 Å². The van der Waals surface area contributed by atoms with Crippen LogP contribution in [0.1, 0.15) is 48.3 Å². The van der Waals surface area contributed by atoms with Crippen molar-refractivity contribution in [2.75, 3.05) is 0 Å². The molecule has 39 heavy (non-hydrogen) atoms. The van der Waals surface area contributed by atoms with Gasteiger partial charge in [0.1, 0.15) is 23.6 Å². The van der Waals surface area contributed by atoms with Crippen molar-refractivity contribution in [1.82, 2.24) is 9.97 Å². The van der Waals surface area contributed by atoms with E-state index in [9.17, 15) is 20.1 Å². The third-order valence-electron chi connectivity index (χ3n) is 6.72. The molecule has 1 aliphatic carbocycles. The maximum Gasteiger partial charge on any atom is 0.311 e. The molecule has 0 spiro atoms. The summed E-state index contributed by atoms with van der Waals surface area (Å²) in [6.45, 7) is 0. The van der Waals surface area contributed by atoms with E-state index < -0.39 is 17.4 Å². The number of carbonyl (C=O) groups is 2. The number of hydrogen-bond acceptors (Lipinski definition) is 8. The van der Waals surface area contributed by atoms with Crippen LogP contribution >= 0.6 is 0 Å². The van der Waals surface area contributed by atoms with E-state index in [2.05, 4.69) is 9.97 Å². The maximum atomic E-state index is 12.9. The van der Waals surface area contributed by atoms with Crippen molar-refractivity contribution in [2.45, 2.75) is 31.1 Å². The number of ether oxygens (including phenoxy) is 2. The van der Waals surface area contributed by atoms with E-state index in [1.165, 1.54) is 0 Å². The Balaban J connectivity index is 1.52. The molecule has 5 rings (SSSR count). The number of carbonyl (C=O) groups excluding carboxylic acids is 2. The smallest absolute Gasteiger partial charge is 0.311 e. The van der Waals surface area contributed by atoms with E-state index in [-0.39, 0.29) is 37.1 Å². The molecular formula is C31H22N4O4. The zero-order chi connectivity index (χ0) is 27.2. The Morgan fingerprint density at radius 3 is 1.72 bits per heavy atom. The zero-order valence-corrected chi connectivity index (χ0v) is 20.8. The Morgan fingerprint density at radius 1 is 0.692 bits per heavy atom. The minimum atomic E-state index is -0.941. The van der Waals surface area contributed by atoms with E-state index >= 15 is 0 Å². The topological polar surface area (TPSA) is 126 Å². The van der Waals surface area contributed by atoms with Crippen LogP contribution in [-0.2, 0) is 15.0 Å². The quantitative estimate of drug-likeness (QED) is 0.230. The summed E-state index contributed by atoms with van der Waals surface area (Å²) in [5.41, 5.74) is 1.37. The minimum Gasteiger partial charge on any atom is -0.427 e. The van der Waals surface area contributed by atoms with Crippen LogP contribution in [0, 0.1) is 22.7 Å². The van der Waals surface area contributed by atoms with Crippen LogP contribution in [0.5, 0.6) is 11.5 Å². The molecule has 0 N–H and O–H groups in total. The first-order valence-electron chi connectivity index (χ1n) is 12.4. The highest BCUT2D eigenvalue weighted by Gasteiger charge is 2.46. The Kier molecular flexibility index (Phi) is 7.11. The van der Waals surface area contributed by atoms with Crippen molar-refractivity contribution in [3.05, 3.63) is 108 Å². The molecule has 8 nitrogen and oxygen atoms in total. The molecule has 0 fully saturated rings. The maximum absolute atomic E-state index is 12.9. The number of para-hydroxylation sites is 2. The van der Waals surface area contributed by atoms with E-state index in [0.29, 0.717) is 22.9 Å². The lowest BCUT2D eigenvalue weighted by atomic mass is 9.73. The molecule has 0 unspecified atom stereocenters. The lowest BCUT2D eigenvalue weighted by Gasteiger charge is -2.30. The second kappa shape index (κ2) is 11.0. The first kappa shape index (κ1) is 25.3. The van der Waals surface area contributed by atoms with Gasteiger partial charge in [-0.15, -0.1) is 0 Å². The van der Waals surface area contributed by atoms with Crippen LogP contribution in [0.15, 0.2) is 84.9 Å². The van der Waals surface area contributed by atoms with Gasteiger partial charge in [-0.2, -0.15) is 10.5 Å². The standard InChI is InChI=1S/C31H22N4O4/c32-19-25-26(20-33)35-30-29(34-25)23-13-7-8-14-24(23)31(30,17-15-27(36)38-21-9-3-1-4-10-21)18-16-28(37)39-22-11-5-2-6-12-22/h1-14H,15-18H2. The number of benzene rings is 3. The zero-order valence-electron chi connectivity index (χ0n) is 20.8. The summed E-state index contributed by atoms with van der Waals surface area (Å²) in [5, 5.41) is 19.2. The van der Waals surface area contributed by atoms with Gasteiger partial charge in [0.2, 0.25) is 0 Å². The molecule has 1 heterocycles. The number of rotatable bonds is 8. The van der Waals surface area contributed by atoms with Crippen molar-refractivity contribution >= 4 is 11.9 Å². The van der Waals surface area contributed by atoms with Gasteiger partial charge in [-0.25, -0.2) is 9.97 Å². The number of hydrogen-bond donors (Lipinski definition) is 0. The SMILES string of the molecule is N#Cc1nc2c(nc1C#N)C(CCC(=O)Oc1ccccc1)(CCC(=O)Oc1ccccc1)c1ccccc1-2. The van der Waals surface area contributed by atoms with Crippen molar-refractivity contribution in [3.8, 4) is 34.9 Å². The molecule has 1 aromatic heterocycles. The lowest BCUT2D eigenvalue weighted by Crippen LogP contribution is -2.30. The van der Waals surface area contributed by atoms with E-state index in [4.69, 9.17) is 9.47 Å². The molecule has 1 aliphatic rings. The number of esters is 2. The summed E-state index contributed by atoms with van der Waals surface area (Å²) >= 11 is 0. The molecule has 8 heteroatoms. The van der Waals surface area contributed by atoms with E-state index in [1.54, 1.807) is 48.5 Å². The largest absolute Gasteiger partial charge is 0.427 e. The third kappa shape index (κ3) is 5.09. The van der Waals surface area contributed by atoms with Crippen LogP contribution in [-0.4, -0.2) is 21.9 Å². The molecular weight excluding hydrogens is 492 g/mol.